The first kappa shape index (κ1) is 15.5. The fourth-order valence-corrected chi connectivity index (χ4v) is 4.26. The van der Waals surface area contributed by atoms with Gasteiger partial charge < -0.3 is 0 Å². The first-order chi connectivity index (χ1) is 9.54. The highest BCUT2D eigenvalue weighted by Gasteiger charge is 2.12. The van der Waals surface area contributed by atoms with E-state index in [2.05, 4.69) is 29.4 Å². The van der Waals surface area contributed by atoms with Crippen molar-refractivity contribution in [3.63, 3.8) is 0 Å². The van der Waals surface area contributed by atoms with Crippen molar-refractivity contribution in [2.45, 2.75) is 31.5 Å². The van der Waals surface area contributed by atoms with Crippen molar-refractivity contribution < 1.29 is 4.79 Å². The van der Waals surface area contributed by atoms with Gasteiger partial charge in [0.1, 0.15) is 0 Å². The van der Waals surface area contributed by atoms with E-state index >= 15 is 0 Å². The van der Waals surface area contributed by atoms with Gasteiger partial charge in [0.2, 0.25) is 5.13 Å². The van der Waals surface area contributed by atoms with Gasteiger partial charge in [0.15, 0.2) is 4.34 Å². The van der Waals surface area contributed by atoms with Gasteiger partial charge >= 0.3 is 0 Å². The summed E-state index contributed by atoms with van der Waals surface area (Å²) in [7, 11) is 0. The smallest absolute Gasteiger partial charge is 0.267 e. The van der Waals surface area contributed by atoms with Crippen LogP contribution in [0.1, 0.15) is 35.5 Å². The quantitative estimate of drug-likeness (QED) is 0.635. The standard InChI is InChI=1S/C13H17N3OS3/c1-8(2)4-5-18-13-16-15-12(20-13)14-11(17)10-6-9(3)7-19-10/h6-8H,4-5H2,1-3H3,(H,14,15,17). The van der Waals surface area contributed by atoms with Gasteiger partial charge in [0, 0.05) is 5.75 Å². The second kappa shape index (κ2) is 7.19. The van der Waals surface area contributed by atoms with Crippen molar-refractivity contribution in [2.24, 2.45) is 5.92 Å². The molecule has 0 atom stereocenters. The molecule has 0 spiro atoms. The van der Waals surface area contributed by atoms with Gasteiger partial charge in [0.05, 0.1) is 4.88 Å². The minimum atomic E-state index is -0.113. The molecular formula is C13H17N3OS3. The third-order valence-electron chi connectivity index (χ3n) is 2.50. The molecule has 4 nitrogen and oxygen atoms in total. The van der Waals surface area contributed by atoms with E-state index in [1.54, 1.807) is 11.8 Å². The van der Waals surface area contributed by atoms with Crippen LogP contribution in [-0.2, 0) is 0 Å². The molecule has 0 aliphatic heterocycles. The summed E-state index contributed by atoms with van der Waals surface area (Å²) in [5, 5.41) is 13.4. The van der Waals surface area contributed by atoms with Crippen molar-refractivity contribution in [3.8, 4) is 0 Å². The third kappa shape index (κ3) is 4.57. The Bertz CT molecular complexity index is 577. The lowest BCUT2D eigenvalue weighted by atomic mass is 10.2. The van der Waals surface area contributed by atoms with E-state index in [9.17, 15) is 4.79 Å². The van der Waals surface area contributed by atoms with Crippen LogP contribution in [0.4, 0.5) is 5.13 Å². The molecule has 108 valence electrons. The minimum Gasteiger partial charge on any atom is -0.296 e. The number of carbonyl (C=O) groups excluding carboxylic acids is 1. The summed E-state index contributed by atoms with van der Waals surface area (Å²) in [4.78, 5) is 12.7. The zero-order valence-electron chi connectivity index (χ0n) is 11.7. The minimum absolute atomic E-state index is 0.113. The van der Waals surface area contributed by atoms with Gasteiger partial charge in [-0.15, -0.1) is 21.5 Å². The lowest BCUT2D eigenvalue weighted by Gasteiger charge is -2.00. The number of aromatic nitrogens is 2. The van der Waals surface area contributed by atoms with Gasteiger partial charge in [0.25, 0.3) is 5.91 Å². The Balaban J connectivity index is 1.87. The van der Waals surface area contributed by atoms with Gasteiger partial charge in [-0.2, -0.15) is 0 Å². The lowest BCUT2D eigenvalue weighted by Crippen LogP contribution is -2.09. The average Bonchev–Trinajstić information content (AvgIpc) is 2.98. The van der Waals surface area contributed by atoms with Crippen LogP contribution in [0.25, 0.3) is 0 Å². The molecule has 2 heterocycles. The molecule has 1 N–H and O–H groups in total. The van der Waals surface area contributed by atoms with E-state index in [-0.39, 0.29) is 5.91 Å². The first-order valence-corrected chi connectivity index (χ1v) is 9.05. The molecule has 0 aliphatic carbocycles. The van der Waals surface area contributed by atoms with Crippen LogP contribution in [0, 0.1) is 12.8 Å². The molecule has 0 saturated heterocycles. The lowest BCUT2D eigenvalue weighted by molar-refractivity contribution is 0.103. The van der Waals surface area contributed by atoms with Gasteiger partial charge in [-0.3, -0.25) is 10.1 Å². The summed E-state index contributed by atoms with van der Waals surface area (Å²) in [5.74, 6) is 1.61. The molecule has 0 radical (unpaired) electrons. The normalized spacial score (nSPS) is 11.0. The maximum atomic E-state index is 12.0. The summed E-state index contributed by atoms with van der Waals surface area (Å²) in [6.45, 7) is 6.38. The molecule has 2 rings (SSSR count). The number of carbonyl (C=O) groups is 1. The van der Waals surface area contributed by atoms with E-state index in [0.29, 0.717) is 15.9 Å². The SMILES string of the molecule is Cc1csc(C(=O)Nc2nnc(SCCC(C)C)s2)c1. The molecule has 0 unspecified atom stereocenters. The molecule has 0 saturated carbocycles. The van der Waals surface area contributed by atoms with Crippen LogP contribution in [-0.4, -0.2) is 21.9 Å². The average molecular weight is 328 g/mol. The summed E-state index contributed by atoms with van der Waals surface area (Å²) >= 11 is 4.56. The molecule has 0 aliphatic rings. The zero-order chi connectivity index (χ0) is 14.5. The Kier molecular flexibility index (Phi) is 5.56. The Morgan fingerprint density at radius 3 is 2.90 bits per heavy atom. The van der Waals surface area contributed by atoms with Gasteiger partial charge in [-0.05, 0) is 36.3 Å². The summed E-state index contributed by atoms with van der Waals surface area (Å²) in [6, 6.07) is 1.87. The Morgan fingerprint density at radius 1 is 1.45 bits per heavy atom. The highest BCUT2D eigenvalue weighted by Crippen LogP contribution is 2.27. The van der Waals surface area contributed by atoms with Crippen molar-refractivity contribution >= 4 is 45.5 Å². The molecule has 20 heavy (non-hydrogen) atoms. The number of anilines is 1. The number of rotatable bonds is 6. The van der Waals surface area contributed by atoms with Crippen LogP contribution in [0.15, 0.2) is 15.8 Å². The maximum absolute atomic E-state index is 12.0. The highest BCUT2D eigenvalue weighted by atomic mass is 32.2. The Hall–Kier alpha value is -0.920. The van der Waals surface area contributed by atoms with Gasteiger partial charge in [-0.1, -0.05) is 36.9 Å². The zero-order valence-corrected chi connectivity index (χ0v) is 14.1. The predicted octanol–water partition coefficient (Wildman–Crippen LogP) is 4.30. The molecule has 0 bridgehead atoms. The van der Waals surface area contributed by atoms with Crippen LogP contribution < -0.4 is 5.32 Å². The number of hydrogen-bond acceptors (Lipinski definition) is 6. The van der Waals surface area contributed by atoms with Gasteiger partial charge in [-0.25, -0.2) is 0 Å². The number of hydrogen-bond donors (Lipinski definition) is 1. The molecular weight excluding hydrogens is 310 g/mol. The number of amides is 1. The Morgan fingerprint density at radius 2 is 2.25 bits per heavy atom. The second-order valence-corrected chi connectivity index (χ2v) is 8.08. The number of nitrogens with one attached hydrogen (secondary N) is 1. The van der Waals surface area contributed by atoms with Crippen LogP contribution in [0.3, 0.4) is 0 Å². The number of aryl methyl sites for hydroxylation is 1. The molecule has 0 aromatic carbocycles. The molecule has 1 amide bonds. The van der Waals surface area contributed by atoms with E-state index in [4.69, 9.17) is 0 Å². The topological polar surface area (TPSA) is 54.9 Å². The molecule has 0 fully saturated rings. The number of thioether (sulfide) groups is 1. The largest absolute Gasteiger partial charge is 0.296 e. The van der Waals surface area contributed by atoms with Crippen LogP contribution in [0.2, 0.25) is 0 Å². The van der Waals surface area contributed by atoms with Crippen LogP contribution in [0.5, 0.6) is 0 Å². The molecule has 7 heteroatoms. The van der Waals surface area contributed by atoms with E-state index in [1.165, 1.54) is 22.7 Å². The third-order valence-corrected chi connectivity index (χ3v) is 5.55. The highest BCUT2D eigenvalue weighted by molar-refractivity contribution is 8.01. The second-order valence-electron chi connectivity index (χ2n) is 4.85. The molecule has 2 aromatic rings. The Labute approximate surface area is 131 Å². The fraction of sp³-hybridized carbons (Fsp3) is 0.462. The van der Waals surface area contributed by atoms with E-state index in [1.807, 2.05) is 18.4 Å². The molecule has 2 aromatic heterocycles. The maximum Gasteiger partial charge on any atom is 0.267 e. The van der Waals surface area contributed by atoms with Crippen molar-refractivity contribution in [2.75, 3.05) is 11.1 Å². The summed E-state index contributed by atoms with van der Waals surface area (Å²) in [6.07, 6.45) is 1.15. The van der Waals surface area contributed by atoms with Crippen molar-refractivity contribution in [3.05, 3.63) is 21.9 Å². The predicted molar refractivity (Wildman–Crippen MR) is 87.1 cm³/mol. The number of thiophene rings is 1. The van der Waals surface area contributed by atoms with Crippen molar-refractivity contribution in [1.82, 2.24) is 10.2 Å². The fourth-order valence-electron chi connectivity index (χ4n) is 1.41. The van der Waals surface area contributed by atoms with Crippen LogP contribution >= 0.6 is 34.4 Å². The van der Waals surface area contributed by atoms with Crippen molar-refractivity contribution in [1.29, 1.82) is 0 Å². The first-order valence-electron chi connectivity index (χ1n) is 6.37. The van der Waals surface area contributed by atoms with E-state index in [0.717, 1.165) is 22.1 Å². The summed E-state index contributed by atoms with van der Waals surface area (Å²) < 4.78 is 0.906. The summed E-state index contributed by atoms with van der Waals surface area (Å²) in [5.41, 5.74) is 1.10. The van der Waals surface area contributed by atoms with E-state index < -0.39 is 0 Å². The monoisotopic (exact) mass is 327 g/mol. The number of nitrogens with zero attached hydrogens (tertiary/aromatic N) is 2.